The summed E-state index contributed by atoms with van der Waals surface area (Å²) in [5.41, 5.74) is 12.9. The van der Waals surface area contributed by atoms with Crippen LogP contribution in [0.25, 0.3) is 0 Å². The summed E-state index contributed by atoms with van der Waals surface area (Å²) in [5, 5.41) is 2.96. The van der Waals surface area contributed by atoms with Crippen LogP contribution in [0.15, 0.2) is 81.6 Å². The smallest absolute Gasteiger partial charge is 0.332 e. The van der Waals surface area contributed by atoms with E-state index in [4.69, 9.17) is 32.4 Å². The van der Waals surface area contributed by atoms with Crippen LogP contribution < -0.4 is 26.4 Å². The highest BCUT2D eigenvalue weighted by molar-refractivity contribution is 7.86. The first-order valence-corrected chi connectivity index (χ1v) is 16.1. The van der Waals surface area contributed by atoms with Crippen LogP contribution in [0.4, 0.5) is 15.3 Å². The van der Waals surface area contributed by atoms with Gasteiger partial charge in [0.05, 0.1) is 15.7 Å². The molecule has 4 rings (SSSR count). The van der Waals surface area contributed by atoms with Crippen LogP contribution in [0.5, 0.6) is 5.75 Å². The van der Waals surface area contributed by atoms with E-state index in [9.17, 15) is 25.5 Å². The second-order valence-electron chi connectivity index (χ2n) is 9.62. The lowest BCUT2D eigenvalue weighted by Crippen LogP contribution is -2.54. The number of ether oxygens (including phenoxy) is 1. The van der Waals surface area contributed by atoms with Crippen molar-refractivity contribution >= 4 is 61.1 Å². The molecule has 1 heterocycles. The van der Waals surface area contributed by atoms with Crippen LogP contribution in [-0.4, -0.2) is 50.6 Å². The monoisotopic (exact) mass is 668 g/mol. The Morgan fingerprint density at radius 3 is 2.23 bits per heavy atom. The van der Waals surface area contributed by atoms with Gasteiger partial charge in [0.2, 0.25) is 11.9 Å². The molecular formula is C27H30ClFN6O7S2. The third-order valence-electron chi connectivity index (χ3n) is 5.97. The fraction of sp³-hybridized carbons (Fsp3) is 0.222. The number of hydrogen-bond acceptors (Lipinski definition) is 11. The standard InChI is InChI=1S/C25H24ClFN6O4S.C2H6O3S/c1-25(2)32-23(28)31-24(29)33(25)17-9-12-21(20(26)13-17)37-14-15-5-3-4-6-19(15)22(34)30-16-7-10-18(11-8-16)38(27,35)36;1-2-6(3,4)5/h3-13H,14H2,1-2H3,(H,30,34)(H4,28,29,31,32);2H2,1H3,(H,3,4,5). The Kier molecular flexibility index (Phi) is 10.6. The van der Waals surface area contributed by atoms with E-state index in [1.54, 1.807) is 47.4 Å². The van der Waals surface area contributed by atoms with Crippen molar-refractivity contribution in [3.8, 4) is 5.75 Å². The number of amides is 1. The Morgan fingerprint density at radius 1 is 1.07 bits per heavy atom. The topological polar surface area (TPSA) is 207 Å². The molecule has 3 aromatic rings. The number of nitrogens with one attached hydrogen (secondary N) is 1. The first kappa shape index (κ1) is 34.2. The van der Waals surface area contributed by atoms with Crippen molar-refractivity contribution in [3.63, 3.8) is 0 Å². The van der Waals surface area contributed by atoms with Gasteiger partial charge in [0.25, 0.3) is 16.0 Å². The third kappa shape index (κ3) is 9.12. The molecule has 0 saturated heterocycles. The van der Waals surface area contributed by atoms with Crippen LogP contribution in [-0.2, 0) is 26.9 Å². The van der Waals surface area contributed by atoms with Gasteiger partial charge >= 0.3 is 10.2 Å². The van der Waals surface area contributed by atoms with Crippen molar-refractivity contribution < 1.29 is 34.8 Å². The number of rotatable bonds is 8. The molecule has 0 fully saturated rings. The second-order valence-corrected chi connectivity index (χ2v) is 13.1. The molecule has 1 aliphatic rings. The highest BCUT2D eigenvalue weighted by atomic mass is 35.5. The lowest BCUT2D eigenvalue weighted by atomic mass is 10.1. The molecule has 3 aromatic carbocycles. The van der Waals surface area contributed by atoms with E-state index < -0.39 is 36.8 Å². The zero-order valence-electron chi connectivity index (χ0n) is 23.7. The van der Waals surface area contributed by atoms with Crippen molar-refractivity contribution in [1.82, 2.24) is 0 Å². The number of nitrogens with two attached hydrogens (primary N) is 2. The van der Waals surface area contributed by atoms with E-state index >= 15 is 0 Å². The molecule has 0 aliphatic carbocycles. The van der Waals surface area contributed by atoms with E-state index in [1.807, 2.05) is 13.8 Å². The Bertz CT molecular complexity index is 1820. The summed E-state index contributed by atoms with van der Waals surface area (Å²) in [6.07, 6.45) is 0. The number of halogens is 2. The summed E-state index contributed by atoms with van der Waals surface area (Å²) in [7, 11) is -8.49. The summed E-state index contributed by atoms with van der Waals surface area (Å²) >= 11 is 6.50. The predicted octanol–water partition coefficient (Wildman–Crippen LogP) is 3.91. The largest absolute Gasteiger partial charge is 0.487 e. The Hall–Kier alpha value is -4.25. The summed E-state index contributed by atoms with van der Waals surface area (Å²) in [4.78, 5) is 22.4. The van der Waals surface area contributed by atoms with E-state index in [-0.39, 0.29) is 24.3 Å². The molecule has 0 saturated carbocycles. The number of aliphatic imine (C=N–C) groups is 2. The molecule has 0 bridgehead atoms. The number of carbonyl (C=O) groups is 1. The van der Waals surface area contributed by atoms with Gasteiger partial charge in [0.1, 0.15) is 18.0 Å². The minimum atomic E-state index is -4.83. The van der Waals surface area contributed by atoms with Crippen LogP contribution in [0.1, 0.15) is 36.7 Å². The maximum Gasteiger partial charge on any atom is 0.332 e. The molecular weight excluding hydrogens is 639 g/mol. The lowest BCUT2D eigenvalue weighted by molar-refractivity contribution is 0.102. The van der Waals surface area contributed by atoms with Gasteiger partial charge in [-0.1, -0.05) is 29.8 Å². The molecule has 1 aliphatic heterocycles. The van der Waals surface area contributed by atoms with E-state index in [1.165, 1.54) is 19.1 Å². The SMILES string of the molecule is CC1(C)N=C(N)N=C(N)N1c1ccc(OCc2ccccc2C(=O)Nc2ccc(S(=O)(=O)F)cc2)c(Cl)c1.CCS(=O)(=O)O. The first-order chi connectivity index (χ1) is 20.4. The van der Waals surface area contributed by atoms with Crippen molar-refractivity contribution in [2.45, 2.75) is 37.9 Å². The maximum atomic E-state index is 13.1. The number of carbonyl (C=O) groups excluding carboxylic acids is 1. The molecule has 0 aromatic heterocycles. The number of guanidine groups is 2. The van der Waals surface area contributed by atoms with Crippen LogP contribution in [0, 0.1) is 0 Å². The number of benzene rings is 3. The Morgan fingerprint density at radius 2 is 1.68 bits per heavy atom. The summed E-state index contributed by atoms with van der Waals surface area (Å²) < 4.78 is 67.9. The third-order valence-corrected chi connectivity index (χ3v) is 7.83. The zero-order chi connectivity index (χ0) is 32.9. The molecule has 0 atom stereocenters. The molecule has 0 radical (unpaired) electrons. The van der Waals surface area contributed by atoms with Crippen LogP contribution >= 0.6 is 11.6 Å². The first-order valence-electron chi connectivity index (χ1n) is 12.7. The number of hydrogen-bond donors (Lipinski definition) is 4. The van der Waals surface area contributed by atoms with Gasteiger partial charge in [-0.05, 0) is 69.3 Å². The van der Waals surface area contributed by atoms with Crippen molar-refractivity contribution in [1.29, 1.82) is 0 Å². The highest BCUT2D eigenvalue weighted by Gasteiger charge is 2.33. The molecule has 17 heteroatoms. The molecule has 6 N–H and O–H groups in total. The normalized spacial score (nSPS) is 14.5. The average molecular weight is 669 g/mol. The number of anilines is 2. The van der Waals surface area contributed by atoms with Gasteiger partial charge in [0.15, 0.2) is 0 Å². The molecule has 0 spiro atoms. The van der Waals surface area contributed by atoms with E-state index in [0.29, 0.717) is 33.3 Å². The minimum absolute atomic E-state index is 0.0291. The zero-order valence-corrected chi connectivity index (χ0v) is 26.1. The van der Waals surface area contributed by atoms with Crippen LogP contribution in [0.3, 0.4) is 0 Å². The number of nitrogens with zero attached hydrogens (tertiary/aromatic N) is 3. The predicted molar refractivity (Wildman–Crippen MR) is 167 cm³/mol. The molecule has 236 valence electrons. The van der Waals surface area contributed by atoms with Gasteiger partial charge in [-0.3, -0.25) is 14.2 Å². The van der Waals surface area contributed by atoms with Gasteiger partial charge < -0.3 is 21.5 Å². The Balaban J connectivity index is 0.000000801. The molecule has 0 unspecified atom stereocenters. The molecule has 13 nitrogen and oxygen atoms in total. The van der Waals surface area contributed by atoms with Gasteiger partial charge in [0, 0.05) is 22.5 Å². The van der Waals surface area contributed by atoms with Crippen molar-refractivity contribution in [2.75, 3.05) is 16.0 Å². The average Bonchev–Trinajstić information content (AvgIpc) is 2.91. The summed E-state index contributed by atoms with van der Waals surface area (Å²) in [6.45, 7) is 5.06. The van der Waals surface area contributed by atoms with Crippen LogP contribution in [0.2, 0.25) is 5.02 Å². The van der Waals surface area contributed by atoms with Crippen molar-refractivity contribution in [3.05, 3.63) is 82.9 Å². The quantitative estimate of drug-likeness (QED) is 0.201. The minimum Gasteiger partial charge on any atom is -0.487 e. The van der Waals surface area contributed by atoms with Crippen molar-refractivity contribution in [2.24, 2.45) is 21.5 Å². The highest BCUT2D eigenvalue weighted by Crippen LogP contribution is 2.34. The van der Waals surface area contributed by atoms with Gasteiger partial charge in [-0.25, -0.2) is 4.99 Å². The fourth-order valence-corrected chi connectivity index (χ4v) is 4.61. The van der Waals surface area contributed by atoms with E-state index in [2.05, 4.69) is 15.3 Å². The Labute approximate surface area is 259 Å². The van der Waals surface area contributed by atoms with E-state index in [0.717, 1.165) is 12.1 Å². The van der Waals surface area contributed by atoms with Gasteiger partial charge in [-0.15, -0.1) is 3.89 Å². The van der Waals surface area contributed by atoms with Gasteiger partial charge in [-0.2, -0.15) is 21.8 Å². The summed E-state index contributed by atoms with van der Waals surface area (Å²) in [5.74, 6) is -0.0201. The summed E-state index contributed by atoms with van der Waals surface area (Å²) in [6, 6.07) is 16.6. The molecule has 1 amide bonds. The lowest BCUT2D eigenvalue weighted by Gasteiger charge is -2.38. The maximum absolute atomic E-state index is 13.1. The fourth-order valence-electron chi connectivity index (χ4n) is 3.92. The second kappa shape index (κ2) is 13.6. The molecule has 44 heavy (non-hydrogen) atoms.